The Labute approximate surface area is 130 Å². The minimum Gasteiger partial charge on any atom is -0.383 e. The molecule has 4 N–H and O–H groups in total. The van der Waals surface area contributed by atoms with Crippen LogP contribution in [0.15, 0.2) is 40.3 Å². The van der Waals surface area contributed by atoms with Crippen LogP contribution in [0.2, 0.25) is 0 Å². The fourth-order valence-electron chi connectivity index (χ4n) is 1.74. The molecule has 1 atom stereocenters. The molecule has 0 aliphatic rings. The van der Waals surface area contributed by atoms with Crippen molar-refractivity contribution in [2.24, 2.45) is 0 Å². The maximum atomic E-state index is 13.6. The molecule has 1 amide bonds. The van der Waals surface area contributed by atoms with Gasteiger partial charge in [0.25, 0.3) is 5.56 Å². The number of hydrogen-bond acceptors (Lipinski definition) is 5. The molecule has 0 spiro atoms. The molecule has 1 aromatic carbocycles. The first-order chi connectivity index (χ1) is 10.5. The number of carbonyl (C=O) groups is 1. The summed E-state index contributed by atoms with van der Waals surface area (Å²) in [6.07, 6.45) is 0.476. The molecule has 0 saturated carbocycles. The summed E-state index contributed by atoms with van der Waals surface area (Å²) < 4.78 is 13.6. The van der Waals surface area contributed by atoms with Crippen molar-refractivity contribution in [2.75, 3.05) is 11.1 Å². The second kappa shape index (κ2) is 7.08. The zero-order chi connectivity index (χ0) is 16.1. The number of thioether (sulfide) groups is 1. The van der Waals surface area contributed by atoms with Crippen LogP contribution in [-0.4, -0.2) is 21.1 Å². The molecule has 0 bridgehead atoms. The number of carbonyl (C=O) groups excluding carboxylic acids is 1. The molecule has 0 saturated heterocycles. The monoisotopic (exact) mass is 322 g/mol. The highest BCUT2D eigenvalue weighted by molar-refractivity contribution is 8.00. The Balaban J connectivity index is 2.12. The van der Waals surface area contributed by atoms with Crippen LogP contribution < -0.4 is 16.6 Å². The van der Waals surface area contributed by atoms with Crippen LogP contribution in [-0.2, 0) is 4.79 Å². The summed E-state index contributed by atoms with van der Waals surface area (Å²) in [5.74, 6) is -0.801. The lowest BCUT2D eigenvalue weighted by molar-refractivity contribution is -0.115. The third kappa shape index (κ3) is 4.08. The second-order valence-electron chi connectivity index (χ2n) is 4.46. The Morgan fingerprint density at radius 1 is 1.50 bits per heavy atom. The Morgan fingerprint density at radius 3 is 2.86 bits per heavy atom. The van der Waals surface area contributed by atoms with E-state index in [2.05, 4.69) is 15.3 Å². The fourth-order valence-corrected chi connectivity index (χ4v) is 2.66. The van der Waals surface area contributed by atoms with Crippen molar-refractivity contribution in [1.29, 1.82) is 0 Å². The predicted molar refractivity (Wildman–Crippen MR) is 84.2 cm³/mol. The minimum absolute atomic E-state index is 0.0793. The van der Waals surface area contributed by atoms with Crippen LogP contribution in [0.4, 0.5) is 15.9 Å². The highest BCUT2D eigenvalue weighted by atomic mass is 32.2. The lowest BCUT2D eigenvalue weighted by atomic mass is 10.2. The Kier molecular flexibility index (Phi) is 5.16. The maximum Gasteiger partial charge on any atom is 0.253 e. The van der Waals surface area contributed by atoms with Crippen LogP contribution in [0.5, 0.6) is 0 Å². The van der Waals surface area contributed by atoms with Gasteiger partial charge in [-0.25, -0.2) is 9.37 Å². The van der Waals surface area contributed by atoms with E-state index in [-0.39, 0.29) is 28.1 Å². The molecule has 0 aliphatic heterocycles. The number of nitrogens with zero attached hydrogens (tertiary/aromatic N) is 1. The normalized spacial score (nSPS) is 11.9. The lowest BCUT2D eigenvalue weighted by Gasteiger charge is -2.14. The lowest BCUT2D eigenvalue weighted by Crippen LogP contribution is -2.25. The highest BCUT2D eigenvalue weighted by Crippen LogP contribution is 2.23. The molecular weight excluding hydrogens is 307 g/mol. The van der Waals surface area contributed by atoms with Gasteiger partial charge in [-0.1, -0.05) is 30.8 Å². The molecule has 0 aliphatic carbocycles. The largest absolute Gasteiger partial charge is 0.383 e. The number of nitrogen functional groups attached to an aromatic ring is 1. The molecule has 22 heavy (non-hydrogen) atoms. The first-order valence-electron chi connectivity index (χ1n) is 6.58. The number of nitrogens with one attached hydrogen (secondary N) is 2. The van der Waals surface area contributed by atoms with Gasteiger partial charge in [-0.3, -0.25) is 9.59 Å². The first kappa shape index (κ1) is 16.0. The number of anilines is 2. The van der Waals surface area contributed by atoms with Crippen molar-refractivity contribution in [2.45, 2.75) is 23.8 Å². The van der Waals surface area contributed by atoms with Crippen LogP contribution in [0.25, 0.3) is 0 Å². The average Bonchev–Trinajstić information content (AvgIpc) is 2.46. The zero-order valence-electron chi connectivity index (χ0n) is 11.8. The second-order valence-corrected chi connectivity index (χ2v) is 5.65. The van der Waals surface area contributed by atoms with E-state index < -0.39 is 11.1 Å². The van der Waals surface area contributed by atoms with Crippen molar-refractivity contribution in [3.05, 3.63) is 46.5 Å². The van der Waals surface area contributed by atoms with Gasteiger partial charge in [-0.15, -0.1) is 0 Å². The number of nitrogens with two attached hydrogens (primary N) is 1. The zero-order valence-corrected chi connectivity index (χ0v) is 12.6. The number of hydrogen-bond donors (Lipinski definition) is 3. The fraction of sp³-hybridized carbons (Fsp3) is 0.214. The van der Waals surface area contributed by atoms with Gasteiger partial charge in [-0.2, -0.15) is 0 Å². The molecule has 8 heteroatoms. The molecule has 1 aromatic heterocycles. The van der Waals surface area contributed by atoms with Gasteiger partial charge in [0.2, 0.25) is 5.91 Å². The van der Waals surface area contributed by atoms with Crippen molar-refractivity contribution < 1.29 is 9.18 Å². The number of benzene rings is 1. The van der Waals surface area contributed by atoms with Gasteiger partial charge in [0.1, 0.15) is 11.6 Å². The Bertz CT molecular complexity index is 735. The third-order valence-electron chi connectivity index (χ3n) is 2.79. The Hall–Kier alpha value is -2.35. The van der Waals surface area contributed by atoms with Gasteiger partial charge in [0, 0.05) is 6.07 Å². The summed E-state index contributed by atoms with van der Waals surface area (Å²) in [5, 5.41) is 2.24. The number of aromatic nitrogens is 2. The quantitative estimate of drug-likeness (QED) is 0.577. The number of amides is 1. The summed E-state index contributed by atoms with van der Waals surface area (Å²) in [6, 6.07) is 7.07. The molecule has 116 valence electrons. The van der Waals surface area contributed by atoms with Gasteiger partial charge >= 0.3 is 0 Å². The van der Waals surface area contributed by atoms with Gasteiger partial charge in [0.15, 0.2) is 5.16 Å². The van der Waals surface area contributed by atoms with E-state index in [1.165, 1.54) is 12.1 Å². The summed E-state index contributed by atoms with van der Waals surface area (Å²) in [6.45, 7) is 1.81. The van der Waals surface area contributed by atoms with E-state index in [9.17, 15) is 14.0 Å². The topological polar surface area (TPSA) is 101 Å². The van der Waals surface area contributed by atoms with Crippen LogP contribution in [0.1, 0.15) is 13.3 Å². The van der Waals surface area contributed by atoms with E-state index in [0.717, 1.165) is 17.8 Å². The van der Waals surface area contributed by atoms with E-state index in [1.54, 1.807) is 12.1 Å². The number of rotatable bonds is 5. The first-order valence-corrected chi connectivity index (χ1v) is 7.46. The summed E-state index contributed by atoms with van der Waals surface area (Å²) in [4.78, 5) is 30.0. The number of halogens is 1. The van der Waals surface area contributed by atoms with E-state index in [4.69, 9.17) is 5.73 Å². The standard InChI is InChI=1S/C14H15FN4O2S/c1-2-10(22-14-18-11(16)7-12(20)19-14)13(21)17-9-6-4-3-5-8(9)15/h3-7,10H,2H2,1H3,(H,17,21)(H3,16,18,19,20). The van der Waals surface area contributed by atoms with Crippen LogP contribution in [0.3, 0.4) is 0 Å². The predicted octanol–water partition coefficient (Wildman–Crippen LogP) is 2.00. The van der Waals surface area contributed by atoms with E-state index in [1.807, 2.05) is 6.92 Å². The average molecular weight is 322 g/mol. The number of para-hydroxylation sites is 1. The number of H-pyrrole nitrogens is 1. The molecule has 6 nitrogen and oxygen atoms in total. The highest BCUT2D eigenvalue weighted by Gasteiger charge is 2.20. The van der Waals surface area contributed by atoms with Crippen molar-refractivity contribution >= 4 is 29.2 Å². The van der Waals surface area contributed by atoms with Gasteiger partial charge in [-0.05, 0) is 18.6 Å². The van der Waals surface area contributed by atoms with Gasteiger partial charge < -0.3 is 16.0 Å². The molecule has 2 aromatic rings. The SMILES string of the molecule is CCC(Sc1nc(N)cc(=O)[nH]1)C(=O)Nc1ccccc1F. The molecule has 0 radical (unpaired) electrons. The summed E-state index contributed by atoms with van der Waals surface area (Å²) in [7, 11) is 0. The van der Waals surface area contributed by atoms with Crippen molar-refractivity contribution in [1.82, 2.24) is 9.97 Å². The van der Waals surface area contributed by atoms with Crippen LogP contribution in [0, 0.1) is 5.82 Å². The third-order valence-corrected chi connectivity index (χ3v) is 4.04. The smallest absolute Gasteiger partial charge is 0.253 e. The van der Waals surface area contributed by atoms with E-state index in [0.29, 0.717) is 6.42 Å². The van der Waals surface area contributed by atoms with Crippen LogP contribution >= 0.6 is 11.8 Å². The molecule has 1 heterocycles. The van der Waals surface area contributed by atoms with Gasteiger partial charge in [0.05, 0.1) is 10.9 Å². The number of aromatic amines is 1. The Morgan fingerprint density at radius 2 is 2.23 bits per heavy atom. The molecular formula is C14H15FN4O2S. The maximum absolute atomic E-state index is 13.6. The van der Waals surface area contributed by atoms with Crippen molar-refractivity contribution in [3.8, 4) is 0 Å². The minimum atomic E-state index is -0.537. The molecule has 0 fully saturated rings. The van der Waals surface area contributed by atoms with E-state index >= 15 is 0 Å². The van der Waals surface area contributed by atoms with Crippen molar-refractivity contribution in [3.63, 3.8) is 0 Å². The summed E-state index contributed by atoms with van der Waals surface area (Å²) in [5.41, 5.74) is 5.22. The molecule has 2 rings (SSSR count). The summed E-state index contributed by atoms with van der Waals surface area (Å²) >= 11 is 1.07. The molecule has 1 unspecified atom stereocenters.